The van der Waals surface area contributed by atoms with Crippen LogP contribution in [0.15, 0.2) is 16.6 Å². The van der Waals surface area contributed by atoms with Crippen molar-refractivity contribution in [2.75, 3.05) is 26.3 Å². The number of halogens is 1. The van der Waals surface area contributed by atoms with E-state index in [1.54, 1.807) is 0 Å². The summed E-state index contributed by atoms with van der Waals surface area (Å²) >= 11 is 3.49. The molecule has 0 radical (unpaired) electrons. The van der Waals surface area contributed by atoms with Crippen molar-refractivity contribution < 1.29 is 14.3 Å². The van der Waals surface area contributed by atoms with Gasteiger partial charge in [-0.05, 0) is 65.5 Å². The fraction of sp³-hybridized carbons (Fsp3) is 0.562. The number of hydrogen-bond acceptors (Lipinski definition) is 4. The summed E-state index contributed by atoms with van der Waals surface area (Å²) in [5.41, 5.74) is 1.01. The second-order valence-corrected chi connectivity index (χ2v) is 6.63. The van der Waals surface area contributed by atoms with Gasteiger partial charge in [-0.2, -0.15) is 0 Å². The van der Waals surface area contributed by atoms with Crippen molar-refractivity contribution in [3.8, 4) is 11.5 Å². The predicted molar refractivity (Wildman–Crippen MR) is 87.2 cm³/mol. The first-order chi connectivity index (χ1) is 10.7. The van der Waals surface area contributed by atoms with Gasteiger partial charge in [-0.1, -0.05) is 0 Å². The number of ether oxygens (including phenoxy) is 2. The summed E-state index contributed by atoms with van der Waals surface area (Å²) in [5, 5.41) is 6.31. The minimum Gasteiger partial charge on any atom is -0.486 e. The fourth-order valence-corrected chi connectivity index (χ4v) is 3.46. The SMILES string of the molecule is O=C(CCC1CCNC1)NCc1cc(Br)c2c(c1)OCCO2. The van der Waals surface area contributed by atoms with Gasteiger partial charge in [-0.3, -0.25) is 4.79 Å². The Morgan fingerprint density at radius 1 is 1.36 bits per heavy atom. The van der Waals surface area contributed by atoms with Gasteiger partial charge in [0.2, 0.25) is 5.91 Å². The average Bonchev–Trinajstić information content (AvgIpc) is 3.04. The molecule has 22 heavy (non-hydrogen) atoms. The molecule has 1 fully saturated rings. The van der Waals surface area contributed by atoms with Crippen LogP contribution in [-0.4, -0.2) is 32.2 Å². The number of nitrogens with one attached hydrogen (secondary N) is 2. The summed E-state index contributed by atoms with van der Waals surface area (Å²) in [5.74, 6) is 2.24. The van der Waals surface area contributed by atoms with Crippen LogP contribution in [0.5, 0.6) is 11.5 Å². The maximum atomic E-state index is 11.9. The van der Waals surface area contributed by atoms with Crippen molar-refractivity contribution in [2.45, 2.75) is 25.8 Å². The summed E-state index contributed by atoms with van der Waals surface area (Å²) in [6.07, 6.45) is 2.74. The Hall–Kier alpha value is -1.27. The van der Waals surface area contributed by atoms with Crippen molar-refractivity contribution >= 4 is 21.8 Å². The number of carbonyl (C=O) groups excluding carboxylic acids is 1. The van der Waals surface area contributed by atoms with E-state index in [2.05, 4.69) is 26.6 Å². The largest absolute Gasteiger partial charge is 0.486 e. The molecule has 1 aromatic carbocycles. The quantitative estimate of drug-likeness (QED) is 0.836. The normalized spacial score (nSPS) is 20.0. The van der Waals surface area contributed by atoms with Crippen LogP contribution in [0, 0.1) is 5.92 Å². The van der Waals surface area contributed by atoms with Gasteiger partial charge in [0.15, 0.2) is 11.5 Å². The van der Waals surface area contributed by atoms with E-state index >= 15 is 0 Å². The highest BCUT2D eigenvalue weighted by Crippen LogP contribution is 2.38. The Bertz CT molecular complexity index is 544. The first-order valence-corrected chi connectivity index (χ1v) is 8.57. The third-order valence-corrected chi connectivity index (χ3v) is 4.68. The minimum atomic E-state index is 0.109. The predicted octanol–water partition coefficient (Wildman–Crippen LogP) is 2.23. The maximum Gasteiger partial charge on any atom is 0.220 e. The number of amides is 1. The Morgan fingerprint density at radius 2 is 2.23 bits per heavy atom. The molecule has 1 amide bonds. The molecule has 0 aromatic heterocycles. The van der Waals surface area contributed by atoms with E-state index in [1.165, 1.54) is 6.42 Å². The summed E-state index contributed by atoms with van der Waals surface area (Å²) in [6, 6.07) is 3.90. The van der Waals surface area contributed by atoms with Crippen molar-refractivity contribution in [1.82, 2.24) is 10.6 Å². The molecule has 2 N–H and O–H groups in total. The highest BCUT2D eigenvalue weighted by molar-refractivity contribution is 9.10. The van der Waals surface area contributed by atoms with Gasteiger partial charge >= 0.3 is 0 Å². The van der Waals surface area contributed by atoms with Crippen molar-refractivity contribution in [1.29, 1.82) is 0 Å². The topological polar surface area (TPSA) is 59.6 Å². The first kappa shape index (κ1) is 15.6. The second-order valence-electron chi connectivity index (χ2n) is 5.78. The first-order valence-electron chi connectivity index (χ1n) is 7.78. The number of rotatable bonds is 5. The van der Waals surface area contributed by atoms with E-state index in [0.717, 1.165) is 41.0 Å². The molecule has 0 saturated carbocycles. The Labute approximate surface area is 138 Å². The molecule has 2 aliphatic rings. The monoisotopic (exact) mass is 368 g/mol. The molecule has 5 nitrogen and oxygen atoms in total. The third kappa shape index (κ3) is 3.93. The second kappa shape index (κ2) is 7.33. The van der Waals surface area contributed by atoms with Crippen LogP contribution in [0.1, 0.15) is 24.8 Å². The number of fused-ring (bicyclic) bond motifs is 1. The van der Waals surface area contributed by atoms with Gasteiger partial charge in [0.25, 0.3) is 0 Å². The Kier molecular flexibility index (Phi) is 5.20. The fourth-order valence-electron chi connectivity index (χ4n) is 2.85. The van der Waals surface area contributed by atoms with Gasteiger partial charge in [0.1, 0.15) is 13.2 Å². The minimum absolute atomic E-state index is 0.109. The van der Waals surface area contributed by atoms with Crippen LogP contribution >= 0.6 is 15.9 Å². The standard InChI is InChI=1S/C16H21BrN2O3/c17-13-7-12(8-14-16(13)22-6-5-21-14)10-19-15(20)2-1-11-3-4-18-9-11/h7-8,11,18H,1-6,9-10H2,(H,19,20). The maximum absolute atomic E-state index is 11.9. The van der Waals surface area contributed by atoms with E-state index < -0.39 is 0 Å². The molecule has 0 spiro atoms. The van der Waals surface area contributed by atoms with E-state index in [9.17, 15) is 4.79 Å². The molecule has 2 heterocycles. The Morgan fingerprint density at radius 3 is 3.05 bits per heavy atom. The smallest absolute Gasteiger partial charge is 0.220 e. The van der Waals surface area contributed by atoms with Crippen molar-refractivity contribution in [2.24, 2.45) is 5.92 Å². The lowest BCUT2D eigenvalue weighted by Gasteiger charge is -2.20. The lowest BCUT2D eigenvalue weighted by molar-refractivity contribution is -0.121. The van der Waals surface area contributed by atoms with Gasteiger partial charge in [0.05, 0.1) is 4.47 Å². The number of hydrogen-bond donors (Lipinski definition) is 2. The average molecular weight is 369 g/mol. The molecule has 120 valence electrons. The van der Waals surface area contributed by atoms with E-state index in [4.69, 9.17) is 9.47 Å². The van der Waals surface area contributed by atoms with Crippen LogP contribution in [0.4, 0.5) is 0 Å². The van der Waals surface area contributed by atoms with E-state index in [0.29, 0.717) is 32.1 Å². The summed E-state index contributed by atoms with van der Waals surface area (Å²) in [4.78, 5) is 11.9. The third-order valence-electron chi connectivity index (χ3n) is 4.09. The van der Waals surface area contributed by atoms with Gasteiger partial charge < -0.3 is 20.1 Å². The zero-order valence-electron chi connectivity index (χ0n) is 12.5. The molecule has 0 aliphatic carbocycles. The van der Waals surface area contributed by atoms with Gasteiger partial charge in [-0.15, -0.1) is 0 Å². The van der Waals surface area contributed by atoms with Crippen molar-refractivity contribution in [3.63, 3.8) is 0 Å². The van der Waals surface area contributed by atoms with E-state index in [-0.39, 0.29) is 5.91 Å². The zero-order valence-corrected chi connectivity index (χ0v) is 14.1. The van der Waals surface area contributed by atoms with Crippen LogP contribution in [-0.2, 0) is 11.3 Å². The molecule has 3 rings (SSSR count). The summed E-state index contributed by atoms with van der Waals surface area (Å²) in [6.45, 7) is 3.76. The van der Waals surface area contributed by atoms with E-state index in [1.807, 2.05) is 12.1 Å². The van der Waals surface area contributed by atoms with Crippen LogP contribution in [0.25, 0.3) is 0 Å². The molecule has 0 bridgehead atoms. The lowest BCUT2D eigenvalue weighted by atomic mass is 10.0. The molecule has 6 heteroatoms. The van der Waals surface area contributed by atoms with Crippen LogP contribution in [0.3, 0.4) is 0 Å². The van der Waals surface area contributed by atoms with Crippen LogP contribution in [0.2, 0.25) is 0 Å². The van der Waals surface area contributed by atoms with Gasteiger partial charge in [-0.25, -0.2) is 0 Å². The number of carbonyl (C=O) groups is 1. The highest BCUT2D eigenvalue weighted by atomic mass is 79.9. The molecule has 1 aromatic rings. The lowest BCUT2D eigenvalue weighted by Crippen LogP contribution is -2.24. The molecular formula is C16H21BrN2O3. The summed E-state index contributed by atoms with van der Waals surface area (Å²) in [7, 11) is 0. The molecule has 1 saturated heterocycles. The van der Waals surface area contributed by atoms with Gasteiger partial charge in [0, 0.05) is 13.0 Å². The highest BCUT2D eigenvalue weighted by Gasteiger charge is 2.17. The molecular weight excluding hydrogens is 348 g/mol. The van der Waals surface area contributed by atoms with Crippen molar-refractivity contribution in [3.05, 3.63) is 22.2 Å². The number of benzene rings is 1. The summed E-state index contributed by atoms with van der Waals surface area (Å²) < 4.78 is 12.0. The molecule has 2 aliphatic heterocycles. The molecule has 1 unspecified atom stereocenters. The van der Waals surface area contributed by atoms with Crippen LogP contribution < -0.4 is 20.1 Å². The molecule has 1 atom stereocenters. The Balaban J connectivity index is 1.50. The zero-order chi connectivity index (χ0) is 15.4.